The second-order valence-electron chi connectivity index (χ2n) is 6.79. The van der Waals surface area contributed by atoms with Crippen LogP contribution in [0.15, 0.2) is 121 Å². The fourth-order valence-electron chi connectivity index (χ4n) is 3.67. The lowest BCUT2D eigenvalue weighted by molar-refractivity contribution is 0.585. The molecule has 1 nitrogen and oxygen atoms in total. The van der Waals surface area contributed by atoms with E-state index in [1.54, 1.807) is 0 Å². The van der Waals surface area contributed by atoms with Crippen molar-refractivity contribution in [1.29, 1.82) is 0 Å². The average Bonchev–Trinajstić information content (AvgIpc) is 2.76. The van der Waals surface area contributed by atoms with Crippen LogP contribution in [0.3, 0.4) is 0 Å². The number of benzene rings is 4. The lowest BCUT2D eigenvalue weighted by Gasteiger charge is -2.37. The molecule has 4 aromatic rings. The van der Waals surface area contributed by atoms with E-state index in [0.717, 1.165) is 12.1 Å². The molecular weight excluding hydrogens is 326 g/mol. The number of hydrogen-bond donors (Lipinski definition) is 1. The molecule has 27 heavy (non-hydrogen) atoms. The Balaban J connectivity index is 1.90. The van der Waals surface area contributed by atoms with Crippen molar-refractivity contribution in [3.05, 3.63) is 138 Å². The van der Waals surface area contributed by atoms with E-state index in [-0.39, 0.29) is 5.54 Å². The summed E-state index contributed by atoms with van der Waals surface area (Å²) >= 11 is 0. The van der Waals surface area contributed by atoms with E-state index in [4.69, 9.17) is 0 Å². The van der Waals surface area contributed by atoms with Gasteiger partial charge in [0.25, 0.3) is 0 Å². The quantitative estimate of drug-likeness (QED) is 0.431. The summed E-state index contributed by atoms with van der Waals surface area (Å²) in [5.74, 6) is 0. The summed E-state index contributed by atoms with van der Waals surface area (Å²) < 4.78 is 0. The van der Waals surface area contributed by atoms with Gasteiger partial charge in [-0.2, -0.15) is 0 Å². The predicted molar refractivity (Wildman–Crippen MR) is 114 cm³/mol. The zero-order valence-corrected chi connectivity index (χ0v) is 15.3. The van der Waals surface area contributed by atoms with Gasteiger partial charge >= 0.3 is 0 Å². The monoisotopic (exact) mass is 349 g/mol. The lowest BCUT2D eigenvalue weighted by atomic mass is 9.77. The molecule has 0 fully saturated rings. The number of hydrogen-bond acceptors (Lipinski definition) is 1. The molecule has 0 aliphatic rings. The van der Waals surface area contributed by atoms with Crippen LogP contribution in [-0.2, 0) is 12.0 Å². The summed E-state index contributed by atoms with van der Waals surface area (Å²) in [5.41, 5.74) is 4.56. The fraction of sp³-hybridized carbons (Fsp3) is 0.0769. The van der Waals surface area contributed by atoms with Crippen LogP contribution in [0.25, 0.3) is 0 Å². The molecule has 0 aliphatic heterocycles. The molecule has 0 saturated heterocycles. The first kappa shape index (κ1) is 17.1. The van der Waals surface area contributed by atoms with Gasteiger partial charge in [0.2, 0.25) is 0 Å². The molecule has 0 atom stereocenters. The predicted octanol–water partition coefficient (Wildman–Crippen LogP) is 6.29. The molecule has 0 spiro atoms. The highest BCUT2D eigenvalue weighted by Gasteiger charge is 2.34. The Morgan fingerprint density at radius 3 is 1.37 bits per heavy atom. The van der Waals surface area contributed by atoms with Crippen molar-refractivity contribution in [1.82, 2.24) is 0 Å². The molecule has 0 unspecified atom stereocenters. The minimum Gasteiger partial charge on any atom is -0.371 e. The van der Waals surface area contributed by atoms with E-state index in [0.29, 0.717) is 0 Å². The van der Waals surface area contributed by atoms with Gasteiger partial charge in [-0.25, -0.2) is 0 Å². The molecule has 0 saturated carbocycles. The van der Waals surface area contributed by atoms with Crippen LogP contribution < -0.4 is 5.32 Å². The van der Waals surface area contributed by atoms with E-state index >= 15 is 0 Å². The molecule has 0 heterocycles. The van der Waals surface area contributed by atoms with Crippen LogP contribution in [0.5, 0.6) is 0 Å². The van der Waals surface area contributed by atoms with Crippen LogP contribution in [0.4, 0.5) is 5.69 Å². The van der Waals surface area contributed by atoms with Gasteiger partial charge in [-0.05, 0) is 28.8 Å². The van der Waals surface area contributed by atoms with Crippen molar-refractivity contribution in [3.8, 4) is 0 Å². The molecule has 0 aromatic heterocycles. The van der Waals surface area contributed by atoms with Gasteiger partial charge in [0.1, 0.15) is 0 Å². The Morgan fingerprint density at radius 2 is 0.889 bits per heavy atom. The summed E-state index contributed by atoms with van der Waals surface area (Å²) in [6.45, 7) is 0. The molecule has 0 radical (unpaired) electrons. The third-order valence-corrected chi connectivity index (χ3v) is 4.98. The Bertz CT molecular complexity index is 865. The number of anilines is 1. The summed E-state index contributed by atoms with van der Waals surface area (Å²) in [6, 6.07) is 42.6. The normalized spacial score (nSPS) is 11.1. The van der Waals surface area contributed by atoms with Gasteiger partial charge in [-0.15, -0.1) is 0 Å². The third kappa shape index (κ3) is 3.78. The average molecular weight is 349 g/mol. The maximum atomic E-state index is 3.87. The Morgan fingerprint density at radius 1 is 0.481 bits per heavy atom. The smallest absolute Gasteiger partial charge is 0.0920 e. The Kier molecular flexibility index (Phi) is 5.02. The van der Waals surface area contributed by atoms with Gasteiger partial charge in [-0.1, -0.05) is 109 Å². The standard InChI is InChI=1S/C26H23N/c1-5-13-22(14-6-1)21-26(23-15-7-2-8-16-23,24-17-9-3-10-18-24)27-25-19-11-4-12-20-25/h1-20,27H,21H2. The van der Waals surface area contributed by atoms with Gasteiger partial charge in [0.15, 0.2) is 0 Å². The van der Waals surface area contributed by atoms with E-state index in [2.05, 4.69) is 127 Å². The Hall–Kier alpha value is -3.32. The van der Waals surface area contributed by atoms with Crippen LogP contribution in [0.1, 0.15) is 16.7 Å². The van der Waals surface area contributed by atoms with Crippen molar-refractivity contribution >= 4 is 5.69 Å². The minimum atomic E-state index is -0.356. The highest BCUT2D eigenvalue weighted by Crippen LogP contribution is 2.37. The van der Waals surface area contributed by atoms with Gasteiger partial charge in [0.05, 0.1) is 5.54 Å². The molecule has 4 rings (SSSR count). The maximum absolute atomic E-state index is 3.87. The van der Waals surface area contributed by atoms with Gasteiger partial charge in [-0.3, -0.25) is 0 Å². The van der Waals surface area contributed by atoms with Crippen molar-refractivity contribution < 1.29 is 0 Å². The fourth-order valence-corrected chi connectivity index (χ4v) is 3.67. The van der Waals surface area contributed by atoms with Crippen LogP contribution in [0.2, 0.25) is 0 Å². The van der Waals surface area contributed by atoms with Gasteiger partial charge in [0, 0.05) is 12.1 Å². The zero-order chi connectivity index (χ0) is 18.4. The molecule has 4 aromatic carbocycles. The van der Waals surface area contributed by atoms with Crippen molar-refractivity contribution in [2.45, 2.75) is 12.0 Å². The number of nitrogens with one attached hydrogen (secondary N) is 1. The van der Waals surface area contributed by atoms with E-state index in [9.17, 15) is 0 Å². The van der Waals surface area contributed by atoms with Crippen molar-refractivity contribution in [2.24, 2.45) is 0 Å². The highest BCUT2D eigenvalue weighted by atomic mass is 15.0. The summed E-state index contributed by atoms with van der Waals surface area (Å²) in [7, 11) is 0. The SMILES string of the molecule is c1ccc(CC(Nc2ccccc2)(c2ccccc2)c2ccccc2)cc1. The molecule has 0 aliphatic carbocycles. The highest BCUT2D eigenvalue weighted by molar-refractivity contribution is 5.54. The first-order chi connectivity index (χ1) is 13.4. The number of para-hydroxylation sites is 1. The van der Waals surface area contributed by atoms with Crippen molar-refractivity contribution in [3.63, 3.8) is 0 Å². The largest absolute Gasteiger partial charge is 0.371 e. The zero-order valence-electron chi connectivity index (χ0n) is 15.3. The summed E-state index contributed by atoms with van der Waals surface area (Å²) in [4.78, 5) is 0. The van der Waals surface area contributed by atoms with Crippen LogP contribution in [-0.4, -0.2) is 0 Å². The number of rotatable bonds is 6. The molecule has 1 heteroatoms. The molecular formula is C26H23N. The van der Waals surface area contributed by atoms with E-state index in [1.165, 1.54) is 16.7 Å². The molecule has 1 N–H and O–H groups in total. The van der Waals surface area contributed by atoms with Crippen LogP contribution >= 0.6 is 0 Å². The maximum Gasteiger partial charge on any atom is 0.0920 e. The molecule has 0 bridgehead atoms. The second kappa shape index (κ2) is 7.92. The third-order valence-electron chi connectivity index (χ3n) is 4.98. The van der Waals surface area contributed by atoms with Crippen molar-refractivity contribution in [2.75, 3.05) is 5.32 Å². The minimum absolute atomic E-state index is 0.356. The second-order valence-corrected chi connectivity index (χ2v) is 6.79. The van der Waals surface area contributed by atoms with E-state index in [1.807, 2.05) is 0 Å². The first-order valence-corrected chi connectivity index (χ1v) is 9.35. The first-order valence-electron chi connectivity index (χ1n) is 9.35. The molecule has 0 amide bonds. The Labute approximate surface area is 161 Å². The van der Waals surface area contributed by atoms with Crippen LogP contribution in [0, 0.1) is 0 Å². The lowest BCUT2D eigenvalue weighted by Crippen LogP contribution is -2.39. The van der Waals surface area contributed by atoms with E-state index < -0.39 is 0 Å². The summed E-state index contributed by atoms with van der Waals surface area (Å²) in [5, 5.41) is 3.87. The van der Waals surface area contributed by atoms with Gasteiger partial charge < -0.3 is 5.32 Å². The summed E-state index contributed by atoms with van der Waals surface area (Å²) in [6.07, 6.45) is 0.858. The topological polar surface area (TPSA) is 12.0 Å². The molecule has 132 valence electrons.